The largest absolute Gasteiger partial charge is 0.383 e. The maximum absolute atomic E-state index is 12.5. The summed E-state index contributed by atoms with van der Waals surface area (Å²) in [5, 5.41) is 3.13. The van der Waals surface area contributed by atoms with Crippen LogP contribution in [0.25, 0.3) is 0 Å². The highest BCUT2D eigenvalue weighted by molar-refractivity contribution is 5.84. The highest BCUT2D eigenvalue weighted by Crippen LogP contribution is 2.28. The number of methoxy groups -OCH3 is 1. The van der Waals surface area contributed by atoms with Crippen LogP contribution in [0, 0.1) is 5.41 Å². The summed E-state index contributed by atoms with van der Waals surface area (Å²) >= 11 is 0. The Morgan fingerprint density at radius 3 is 2.83 bits per heavy atom. The number of benzene rings is 1. The van der Waals surface area contributed by atoms with Crippen LogP contribution in [0.5, 0.6) is 0 Å². The molecule has 1 aromatic carbocycles. The summed E-state index contributed by atoms with van der Waals surface area (Å²) in [7, 11) is 1.63. The zero-order valence-electron chi connectivity index (χ0n) is 13.8. The van der Waals surface area contributed by atoms with E-state index in [9.17, 15) is 4.79 Å². The van der Waals surface area contributed by atoms with Gasteiger partial charge in [0.25, 0.3) is 0 Å². The average Bonchev–Trinajstić information content (AvgIpc) is 2.96. The number of ether oxygens (including phenoxy) is 2. The van der Waals surface area contributed by atoms with Gasteiger partial charge in [0.05, 0.1) is 19.8 Å². The fourth-order valence-electron chi connectivity index (χ4n) is 3.46. The lowest BCUT2D eigenvalue weighted by atomic mass is 9.86. The molecule has 126 valence electrons. The molecule has 0 bridgehead atoms. The fourth-order valence-corrected chi connectivity index (χ4v) is 3.46. The number of nitrogens with one attached hydrogen (secondary N) is 1. The topological polar surface area (TPSA) is 50.8 Å². The van der Waals surface area contributed by atoms with Crippen LogP contribution in [0.1, 0.15) is 18.4 Å². The Kier molecular flexibility index (Phi) is 5.30. The van der Waals surface area contributed by atoms with Gasteiger partial charge in [0.2, 0.25) is 5.91 Å². The Labute approximate surface area is 137 Å². The smallest absolute Gasteiger partial charge is 0.233 e. The third kappa shape index (κ3) is 3.74. The maximum Gasteiger partial charge on any atom is 0.233 e. The number of carbonyl (C=O) groups is 1. The van der Waals surface area contributed by atoms with E-state index < -0.39 is 5.41 Å². The third-order valence-electron chi connectivity index (χ3n) is 4.88. The summed E-state index contributed by atoms with van der Waals surface area (Å²) in [5.74, 6) is 0.0668. The summed E-state index contributed by atoms with van der Waals surface area (Å²) in [6.45, 7) is 4.11. The van der Waals surface area contributed by atoms with Gasteiger partial charge >= 0.3 is 0 Å². The van der Waals surface area contributed by atoms with Crippen molar-refractivity contribution in [1.82, 2.24) is 10.2 Å². The SMILES string of the molecule is COCC1(C(=O)NCC2CCCN2Cc2ccccc2)COC1. The molecule has 2 saturated heterocycles. The van der Waals surface area contributed by atoms with E-state index in [-0.39, 0.29) is 5.91 Å². The number of likely N-dealkylation sites (tertiary alicyclic amines) is 1. The van der Waals surface area contributed by atoms with Crippen LogP contribution >= 0.6 is 0 Å². The van der Waals surface area contributed by atoms with Crippen molar-refractivity contribution in [3.63, 3.8) is 0 Å². The molecule has 0 aromatic heterocycles. The molecule has 2 aliphatic heterocycles. The molecular weight excluding hydrogens is 292 g/mol. The molecule has 0 aliphatic carbocycles. The van der Waals surface area contributed by atoms with Crippen molar-refractivity contribution in [3.05, 3.63) is 35.9 Å². The van der Waals surface area contributed by atoms with Crippen LogP contribution in [-0.2, 0) is 20.8 Å². The Bertz CT molecular complexity index is 516. The van der Waals surface area contributed by atoms with E-state index in [1.165, 1.54) is 12.0 Å². The predicted molar refractivity (Wildman–Crippen MR) is 88.0 cm³/mol. The van der Waals surface area contributed by atoms with Crippen molar-refractivity contribution in [2.24, 2.45) is 5.41 Å². The molecule has 5 heteroatoms. The summed E-state index contributed by atoms with van der Waals surface area (Å²) in [6.07, 6.45) is 2.33. The fraction of sp³-hybridized carbons (Fsp3) is 0.611. The molecule has 0 spiro atoms. The average molecular weight is 318 g/mol. The number of hydrogen-bond acceptors (Lipinski definition) is 4. The first kappa shape index (κ1) is 16.4. The minimum Gasteiger partial charge on any atom is -0.383 e. The molecule has 2 heterocycles. The van der Waals surface area contributed by atoms with Crippen molar-refractivity contribution in [2.75, 3.05) is 40.0 Å². The van der Waals surface area contributed by atoms with Gasteiger partial charge in [0, 0.05) is 26.2 Å². The van der Waals surface area contributed by atoms with Crippen molar-refractivity contribution >= 4 is 5.91 Å². The predicted octanol–water partition coefficient (Wildman–Crippen LogP) is 1.43. The second kappa shape index (κ2) is 7.43. The van der Waals surface area contributed by atoms with Crippen LogP contribution in [0.4, 0.5) is 0 Å². The molecule has 2 fully saturated rings. The van der Waals surface area contributed by atoms with Gasteiger partial charge in [-0.2, -0.15) is 0 Å². The molecule has 0 saturated carbocycles. The van der Waals surface area contributed by atoms with Crippen LogP contribution in [-0.4, -0.2) is 56.9 Å². The standard InChI is InChI=1S/C18H26N2O3/c1-22-12-18(13-23-14-18)17(21)19-10-16-8-5-9-20(16)11-15-6-3-2-4-7-15/h2-4,6-7,16H,5,8-14H2,1H3,(H,19,21). The zero-order valence-corrected chi connectivity index (χ0v) is 13.8. The second-order valence-corrected chi connectivity index (χ2v) is 6.67. The van der Waals surface area contributed by atoms with E-state index in [1.807, 2.05) is 6.07 Å². The van der Waals surface area contributed by atoms with E-state index in [1.54, 1.807) is 7.11 Å². The lowest BCUT2D eigenvalue weighted by Gasteiger charge is -2.39. The monoisotopic (exact) mass is 318 g/mol. The molecule has 1 amide bonds. The Balaban J connectivity index is 1.52. The molecule has 1 atom stereocenters. The molecule has 0 radical (unpaired) electrons. The van der Waals surface area contributed by atoms with E-state index in [0.29, 0.717) is 32.4 Å². The molecule has 3 rings (SSSR count). The lowest BCUT2D eigenvalue weighted by Crippen LogP contribution is -2.58. The Morgan fingerprint density at radius 2 is 2.17 bits per heavy atom. The molecule has 1 aromatic rings. The van der Waals surface area contributed by atoms with Crippen molar-refractivity contribution in [3.8, 4) is 0 Å². The lowest BCUT2D eigenvalue weighted by molar-refractivity contribution is -0.172. The van der Waals surface area contributed by atoms with Crippen LogP contribution in [0.3, 0.4) is 0 Å². The number of rotatable bonds is 7. The van der Waals surface area contributed by atoms with Crippen LogP contribution in [0.15, 0.2) is 30.3 Å². The summed E-state index contributed by atoms with van der Waals surface area (Å²) in [5.41, 5.74) is 0.853. The molecule has 1 N–H and O–H groups in total. The second-order valence-electron chi connectivity index (χ2n) is 6.67. The minimum atomic E-state index is -0.475. The molecule has 5 nitrogen and oxygen atoms in total. The molecule has 2 aliphatic rings. The Hall–Kier alpha value is -1.43. The third-order valence-corrected chi connectivity index (χ3v) is 4.88. The Morgan fingerprint density at radius 1 is 1.39 bits per heavy atom. The first-order valence-electron chi connectivity index (χ1n) is 8.36. The van der Waals surface area contributed by atoms with Gasteiger partial charge in [-0.1, -0.05) is 30.3 Å². The summed E-state index contributed by atoms with van der Waals surface area (Å²) < 4.78 is 10.4. The van der Waals surface area contributed by atoms with E-state index in [0.717, 1.165) is 19.5 Å². The first-order chi connectivity index (χ1) is 11.2. The van der Waals surface area contributed by atoms with E-state index in [4.69, 9.17) is 9.47 Å². The normalized spacial score (nSPS) is 23.4. The van der Waals surface area contributed by atoms with Crippen molar-refractivity contribution < 1.29 is 14.3 Å². The highest BCUT2D eigenvalue weighted by Gasteiger charge is 2.46. The number of hydrogen-bond donors (Lipinski definition) is 1. The number of carbonyl (C=O) groups excluding carboxylic acids is 1. The maximum atomic E-state index is 12.5. The van der Waals surface area contributed by atoms with Gasteiger partial charge in [0.1, 0.15) is 5.41 Å². The quantitative estimate of drug-likeness (QED) is 0.826. The minimum absolute atomic E-state index is 0.0668. The van der Waals surface area contributed by atoms with Crippen LogP contribution in [0.2, 0.25) is 0 Å². The number of nitrogens with zero attached hydrogens (tertiary/aromatic N) is 1. The highest BCUT2D eigenvalue weighted by atomic mass is 16.5. The molecule has 1 unspecified atom stereocenters. The van der Waals surface area contributed by atoms with Crippen molar-refractivity contribution in [2.45, 2.75) is 25.4 Å². The van der Waals surface area contributed by atoms with Gasteiger partial charge in [-0.25, -0.2) is 0 Å². The van der Waals surface area contributed by atoms with Gasteiger partial charge in [-0.05, 0) is 24.9 Å². The van der Waals surface area contributed by atoms with Gasteiger partial charge in [-0.15, -0.1) is 0 Å². The van der Waals surface area contributed by atoms with Gasteiger partial charge < -0.3 is 14.8 Å². The van der Waals surface area contributed by atoms with Crippen LogP contribution < -0.4 is 5.32 Å². The molecular formula is C18H26N2O3. The van der Waals surface area contributed by atoms with Gasteiger partial charge in [-0.3, -0.25) is 9.69 Å². The van der Waals surface area contributed by atoms with Crippen molar-refractivity contribution in [1.29, 1.82) is 0 Å². The number of amides is 1. The van der Waals surface area contributed by atoms with Gasteiger partial charge in [0.15, 0.2) is 0 Å². The van der Waals surface area contributed by atoms with E-state index in [2.05, 4.69) is 34.5 Å². The zero-order chi connectivity index (χ0) is 16.1. The summed E-state index contributed by atoms with van der Waals surface area (Å²) in [6, 6.07) is 10.9. The summed E-state index contributed by atoms with van der Waals surface area (Å²) in [4.78, 5) is 14.9. The van der Waals surface area contributed by atoms with E-state index >= 15 is 0 Å². The molecule has 23 heavy (non-hydrogen) atoms. The first-order valence-corrected chi connectivity index (χ1v) is 8.36.